The van der Waals surface area contributed by atoms with Crippen molar-refractivity contribution in [3.05, 3.63) is 95.6 Å². The van der Waals surface area contributed by atoms with Crippen LogP contribution in [0.2, 0.25) is 0 Å². The van der Waals surface area contributed by atoms with Gasteiger partial charge in [-0.15, -0.1) is 4.76 Å². The van der Waals surface area contributed by atoms with Gasteiger partial charge in [0.25, 0.3) is 0 Å². The molecule has 3 saturated heterocycles. The zero-order chi connectivity index (χ0) is 34.4. The molecule has 0 spiro atoms. The third-order valence-corrected chi connectivity index (χ3v) is 11.0. The number of ether oxygens (including phenoxy) is 5. The van der Waals surface area contributed by atoms with E-state index in [1.54, 1.807) is 14.2 Å². The van der Waals surface area contributed by atoms with Crippen molar-refractivity contribution in [2.24, 2.45) is 4.76 Å². The van der Waals surface area contributed by atoms with Crippen molar-refractivity contribution in [3.63, 3.8) is 0 Å². The summed E-state index contributed by atoms with van der Waals surface area (Å²) in [4.78, 5) is 3.91. The largest absolute Gasteiger partial charge is 0.497 e. The second-order valence-corrected chi connectivity index (χ2v) is 14.2. The lowest BCUT2D eigenvalue weighted by Gasteiger charge is -2.39. The molecular formula is C37H48N3O8P. The number of likely N-dealkylation sites (N-methyl/N-ethyl adjacent to an activating group) is 2. The molecule has 0 amide bonds. The van der Waals surface area contributed by atoms with Crippen LogP contribution < -0.4 is 9.47 Å². The van der Waals surface area contributed by atoms with Crippen LogP contribution in [0.4, 0.5) is 0 Å². The summed E-state index contributed by atoms with van der Waals surface area (Å²) in [5.41, 5.74) is 1.73. The van der Waals surface area contributed by atoms with E-state index in [0.717, 1.165) is 47.7 Å². The van der Waals surface area contributed by atoms with Gasteiger partial charge in [-0.1, -0.05) is 61.5 Å². The van der Waals surface area contributed by atoms with E-state index in [1.165, 1.54) is 0 Å². The Morgan fingerprint density at radius 2 is 1.31 bits per heavy atom. The molecule has 5 atom stereocenters. The van der Waals surface area contributed by atoms with Gasteiger partial charge < -0.3 is 33.5 Å². The quantitative estimate of drug-likeness (QED) is 0.145. The van der Waals surface area contributed by atoms with E-state index in [9.17, 15) is 4.57 Å². The number of guanidine groups is 1. The minimum Gasteiger partial charge on any atom is -0.497 e. The van der Waals surface area contributed by atoms with Gasteiger partial charge in [0.2, 0.25) is 5.96 Å². The summed E-state index contributed by atoms with van der Waals surface area (Å²) >= 11 is 0. The Bertz CT molecular complexity index is 1530. The maximum atomic E-state index is 14.6. The lowest BCUT2D eigenvalue weighted by atomic mass is 9.79. The number of hydrogen-bond acceptors (Lipinski definition) is 8. The third-order valence-electron chi connectivity index (χ3n) is 9.54. The fraction of sp³-hybridized carbons (Fsp3) is 0.486. The summed E-state index contributed by atoms with van der Waals surface area (Å²) in [5, 5.41) is 0. The first-order valence-corrected chi connectivity index (χ1v) is 18.5. The number of hydrogen-bond donors (Lipinski definition) is 0. The zero-order valence-electron chi connectivity index (χ0n) is 29.0. The fourth-order valence-electron chi connectivity index (χ4n) is 6.78. The van der Waals surface area contributed by atoms with Crippen LogP contribution in [0.15, 0.2) is 83.6 Å². The van der Waals surface area contributed by atoms with E-state index in [4.69, 9.17) is 32.7 Å². The molecule has 12 heteroatoms. The van der Waals surface area contributed by atoms with E-state index < -0.39 is 25.6 Å². The van der Waals surface area contributed by atoms with Crippen LogP contribution in [0.5, 0.6) is 11.5 Å². The molecule has 3 fully saturated rings. The van der Waals surface area contributed by atoms with Crippen molar-refractivity contribution in [1.29, 1.82) is 0 Å². The number of methoxy groups -OCH3 is 2. The molecule has 0 bridgehead atoms. The molecule has 0 aromatic heterocycles. The van der Waals surface area contributed by atoms with Crippen molar-refractivity contribution in [1.82, 2.24) is 9.80 Å². The minimum atomic E-state index is -4.00. The van der Waals surface area contributed by atoms with Gasteiger partial charge in [-0.2, -0.15) is 0 Å². The van der Waals surface area contributed by atoms with Crippen molar-refractivity contribution in [2.75, 3.05) is 61.2 Å². The average molecular weight is 694 g/mol. The number of benzene rings is 3. The molecule has 49 heavy (non-hydrogen) atoms. The summed E-state index contributed by atoms with van der Waals surface area (Å²) in [7, 11) is 3.14. The molecule has 3 aromatic rings. The Kier molecular flexibility index (Phi) is 11.3. The van der Waals surface area contributed by atoms with Crippen molar-refractivity contribution in [3.8, 4) is 11.5 Å². The summed E-state index contributed by atoms with van der Waals surface area (Å²) < 4.78 is 62.1. The summed E-state index contributed by atoms with van der Waals surface area (Å²) in [6.07, 6.45) is 0.436. The van der Waals surface area contributed by atoms with Gasteiger partial charge in [-0.25, -0.2) is 4.57 Å². The second-order valence-electron chi connectivity index (χ2n) is 12.6. The highest BCUT2D eigenvalue weighted by atomic mass is 31.2. The highest BCUT2D eigenvalue weighted by Crippen LogP contribution is 2.54. The smallest absolute Gasteiger partial charge is 0.457 e. The van der Waals surface area contributed by atoms with Gasteiger partial charge in [0.05, 0.1) is 39.1 Å². The van der Waals surface area contributed by atoms with Crippen LogP contribution in [0.25, 0.3) is 0 Å². The van der Waals surface area contributed by atoms with E-state index in [-0.39, 0.29) is 18.8 Å². The lowest BCUT2D eigenvalue weighted by Crippen LogP contribution is -2.41. The molecule has 264 valence electrons. The number of nitrogens with zero attached hydrogens (tertiary/aromatic N) is 3. The molecule has 0 radical (unpaired) electrons. The third kappa shape index (κ3) is 7.67. The molecule has 3 aromatic carbocycles. The second kappa shape index (κ2) is 15.6. The molecule has 3 heterocycles. The Labute approximate surface area is 289 Å². The van der Waals surface area contributed by atoms with Crippen molar-refractivity contribution in [2.45, 2.75) is 56.2 Å². The molecule has 0 saturated carbocycles. The molecule has 0 aliphatic carbocycles. The predicted octanol–water partition coefficient (Wildman–Crippen LogP) is 6.11. The minimum absolute atomic E-state index is 0.0351. The van der Waals surface area contributed by atoms with Crippen LogP contribution in [-0.4, -0.2) is 101 Å². The van der Waals surface area contributed by atoms with Gasteiger partial charge in [-0.05, 0) is 53.8 Å². The molecule has 11 nitrogen and oxygen atoms in total. The fourth-order valence-corrected chi connectivity index (χ4v) is 8.39. The molecule has 0 N–H and O–H groups in total. The summed E-state index contributed by atoms with van der Waals surface area (Å²) in [6, 6.07) is 26.0. The Morgan fingerprint density at radius 3 is 1.86 bits per heavy atom. The van der Waals surface area contributed by atoms with Gasteiger partial charge in [-0.3, -0.25) is 9.05 Å². The van der Waals surface area contributed by atoms with Crippen LogP contribution in [0.1, 0.15) is 42.9 Å². The first kappa shape index (κ1) is 35.4. The predicted molar refractivity (Wildman–Crippen MR) is 187 cm³/mol. The van der Waals surface area contributed by atoms with Gasteiger partial charge in [0, 0.05) is 46.8 Å². The molecule has 2 unspecified atom stereocenters. The number of rotatable bonds is 14. The standard InChI is InChI=1S/C37H48N3O8P/c1-6-32-34(21-25-44-32)48-49(41,38-36-39(2)22-23-40(36)3)46-26-35-33(20-24-45-35)47-37(27-10-8-7-9-11-27,28-12-16-30(42-4)17-13-28)29-14-18-31(43-5)19-15-29/h7-19,32-35H,6,20-26H2,1-5H3/t32-,33?,34?,35-,49-/m1/s1. The van der Waals surface area contributed by atoms with Crippen molar-refractivity contribution >= 4 is 13.7 Å². The molecular weight excluding hydrogens is 645 g/mol. The summed E-state index contributed by atoms with van der Waals surface area (Å²) in [5.74, 6) is 2.05. The van der Waals surface area contributed by atoms with E-state index in [1.807, 2.05) is 97.5 Å². The monoisotopic (exact) mass is 693 g/mol. The lowest BCUT2D eigenvalue weighted by molar-refractivity contribution is -0.0888. The average Bonchev–Trinajstić information content (AvgIpc) is 3.87. The maximum Gasteiger partial charge on any atom is 0.457 e. The highest BCUT2D eigenvalue weighted by Gasteiger charge is 2.45. The van der Waals surface area contributed by atoms with Crippen LogP contribution in [0.3, 0.4) is 0 Å². The summed E-state index contributed by atoms with van der Waals surface area (Å²) in [6.45, 7) is 4.51. The molecule has 6 rings (SSSR count). The van der Waals surface area contributed by atoms with Crippen LogP contribution in [-0.2, 0) is 33.4 Å². The van der Waals surface area contributed by atoms with Crippen LogP contribution in [0, 0.1) is 0 Å². The van der Waals surface area contributed by atoms with Gasteiger partial charge >= 0.3 is 7.75 Å². The molecule has 3 aliphatic rings. The zero-order valence-corrected chi connectivity index (χ0v) is 29.9. The van der Waals surface area contributed by atoms with Crippen LogP contribution >= 0.6 is 7.75 Å². The Balaban J connectivity index is 1.34. The van der Waals surface area contributed by atoms with Gasteiger partial charge in [0.1, 0.15) is 23.2 Å². The van der Waals surface area contributed by atoms with E-state index >= 15 is 0 Å². The first-order valence-electron chi connectivity index (χ1n) is 17.0. The Morgan fingerprint density at radius 1 is 0.776 bits per heavy atom. The Hall–Kier alpha value is -3.44. The normalized spacial score (nSPS) is 23.9. The van der Waals surface area contributed by atoms with Gasteiger partial charge in [0.15, 0.2) is 0 Å². The first-order chi connectivity index (χ1) is 23.8. The maximum absolute atomic E-state index is 14.6. The van der Waals surface area contributed by atoms with E-state index in [2.05, 4.69) is 16.9 Å². The molecule has 3 aliphatic heterocycles. The highest BCUT2D eigenvalue weighted by molar-refractivity contribution is 7.52. The van der Waals surface area contributed by atoms with Crippen molar-refractivity contribution < 1.29 is 37.3 Å². The topological polar surface area (TPSA) is 101 Å². The SMILES string of the molecule is CC[C@H]1OCCC1O[P@@](=O)(N=C1N(C)CCN1C)OC[C@H]1OCCC1OC(c1ccccc1)(c1ccc(OC)cc1)c1ccc(OC)cc1. The van der Waals surface area contributed by atoms with E-state index in [0.29, 0.717) is 32.0 Å².